The van der Waals surface area contributed by atoms with Crippen LogP contribution in [0.15, 0.2) is 36.4 Å². The summed E-state index contributed by atoms with van der Waals surface area (Å²) in [5, 5.41) is 5.73. The van der Waals surface area contributed by atoms with Gasteiger partial charge in [-0.05, 0) is 48.9 Å². The fourth-order valence-electron chi connectivity index (χ4n) is 6.53. The number of rotatable bonds is 30. The van der Waals surface area contributed by atoms with Crippen molar-refractivity contribution in [1.29, 1.82) is 0 Å². The van der Waals surface area contributed by atoms with Crippen LogP contribution < -0.4 is 20.1 Å². The lowest BCUT2D eigenvalue weighted by molar-refractivity contribution is -0.173. The maximum atomic E-state index is 13.5. The van der Waals surface area contributed by atoms with Crippen molar-refractivity contribution in [3.05, 3.63) is 47.5 Å². The van der Waals surface area contributed by atoms with Crippen molar-refractivity contribution < 1.29 is 38.1 Å². The molecule has 0 atom stereocenters. The molecular formula is C45H70N2O8. The summed E-state index contributed by atoms with van der Waals surface area (Å²) in [4.78, 5) is 50.9. The third-order valence-electron chi connectivity index (χ3n) is 10.0. The summed E-state index contributed by atoms with van der Waals surface area (Å²) < 4.78 is 23.3. The van der Waals surface area contributed by atoms with Gasteiger partial charge in [0, 0.05) is 50.2 Å². The van der Waals surface area contributed by atoms with Gasteiger partial charge in [0.05, 0.1) is 26.4 Å². The zero-order valence-electron chi connectivity index (χ0n) is 34.8. The van der Waals surface area contributed by atoms with Crippen molar-refractivity contribution in [3.8, 4) is 11.5 Å². The molecule has 2 aromatic rings. The molecule has 0 bridgehead atoms. The fourth-order valence-corrected chi connectivity index (χ4v) is 6.53. The number of anilines is 2. The first kappa shape index (κ1) is 47.1. The molecule has 0 aliphatic carbocycles. The lowest BCUT2D eigenvalue weighted by Crippen LogP contribution is -2.41. The molecule has 0 saturated heterocycles. The fraction of sp³-hybridized carbons (Fsp3) is 0.644. The first-order valence-electron chi connectivity index (χ1n) is 21.0. The lowest BCUT2D eigenvalue weighted by Gasteiger charge is -2.27. The van der Waals surface area contributed by atoms with Gasteiger partial charge < -0.3 is 29.6 Å². The predicted molar refractivity (Wildman–Crippen MR) is 221 cm³/mol. The van der Waals surface area contributed by atoms with Crippen molar-refractivity contribution in [1.82, 2.24) is 0 Å². The zero-order valence-corrected chi connectivity index (χ0v) is 34.8. The molecule has 308 valence electrons. The topological polar surface area (TPSA) is 129 Å². The Bertz CT molecular complexity index is 1330. The van der Waals surface area contributed by atoms with Crippen LogP contribution in [0.1, 0.15) is 155 Å². The summed E-state index contributed by atoms with van der Waals surface area (Å²) in [6.07, 6.45) is 17.8. The van der Waals surface area contributed by atoms with Gasteiger partial charge >= 0.3 is 11.9 Å². The number of benzene rings is 2. The smallest absolute Gasteiger partial charge is 0.323 e. The Morgan fingerprint density at radius 3 is 1.22 bits per heavy atom. The van der Waals surface area contributed by atoms with Crippen LogP contribution in [-0.2, 0) is 41.5 Å². The second-order valence-electron chi connectivity index (χ2n) is 14.5. The monoisotopic (exact) mass is 767 g/mol. The Kier molecular flexibility index (Phi) is 23.5. The van der Waals surface area contributed by atoms with E-state index >= 15 is 0 Å². The highest BCUT2D eigenvalue weighted by molar-refractivity contribution is 6.00. The Hall–Kier alpha value is -4.08. The minimum Gasteiger partial charge on any atom is -0.494 e. The van der Waals surface area contributed by atoms with Crippen LogP contribution in [-0.4, -0.2) is 50.2 Å². The van der Waals surface area contributed by atoms with Crippen LogP contribution in [0.2, 0.25) is 0 Å². The van der Waals surface area contributed by atoms with Crippen LogP contribution in [0.4, 0.5) is 11.4 Å². The zero-order chi connectivity index (χ0) is 40.3. The van der Waals surface area contributed by atoms with Gasteiger partial charge in [-0.3, -0.25) is 19.2 Å². The molecule has 0 unspecified atom stereocenters. The van der Waals surface area contributed by atoms with Gasteiger partial charge in [-0.2, -0.15) is 0 Å². The average Bonchev–Trinajstić information content (AvgIpc) is 3.15. The Morgan fingerprint density at radius 1 is 0.509 bits per heavy atom. The maximum absolute atomic E-state index is 13.5. The Labute approximate surface area is 331 Å². The normalized spacial score (nSPS) is 11.2. The maximum Gasteiger partial charge on any atom is 0.323 e. The van der Waals surface area contributed by atoms with Crippen molar-refractivity contribution in [2.24, 2.45) is 5.41 Å². The molecule has 2 aromatic carbocycles. The summed E-state index contributed by atoms with van der Waals surface area (Å²) >= 11 is 0. The molecule has 0 spiro atoms. The summed E-state index contributed by atoms with van der Waals surface area (Å²) in [6.45, 7) is 12.1. The number of ether oxygens (including phenoxy) is 4. The second-order valence-corrected chi connectivity index (χ2v) is 14.5. The van der Waals surface area contributed by atoms with Crippen LogP contribution in [0, 0.1) is 5.41 Å². The molecule has 2 rings (SSSR count). The van der Waals surface area contributed by atoms with Crippen LogP contribution in [0.5, 0.6) is 11.5 Å². The first-order valence-corrected chi connectivity index (χ1v) is 21.0. The minimum absolute atomic E-state index is 0.0200. The summed E-state index contributed by atoms with van der Waals surface area (Å²) in [5.41, 5.74) is 1.32. The van der Waals surface area contributed by atoms with Gasteiger partial charge in [-0.25, -0.2) is 0 Å². The number of amides is 2. The van der Waals surface area contributed by atoms with Crippen LogP contribution >= 0.6 is 0 Å². The van der Waals surface area contributed by atoms with Crippen molar-refractivity contribution in [2.45, 2.75) is 157 Å². The molecule has 10 nitrogen and oxygen atoms in total. The van der Waals surface area contributed by atoms with E-state index in [0.29, 0.717) is 48.9 Å². The van der Waals surface area contributed by atoms with Crippen molar-refractivity contribution in [3.63, 3.8) is 0 Å². The van der Waals surface area contributed by atoms with Crippen molar-refractivity contribution in [2.75, 3.05) is 37.1 Å². The number of hydrogen-bond donors (Lipinski definition) is 2. The highest BCUT2D eigenvalue weighted by Crippen LogP contribution is 2.31. The molecule has 0 aromatic heterocycles. The van der Waals surface area contributed by atoms with E-state index in [-0.39, 0.29) is 37.9 Å². The van der Waals surface area contributed by atoms with E-state index in [9.17, 15) is 19.2 Å². The third kappa shape index (κ3) is 17.9. The molecule has 0 aliphatic heterocycles. The largest absolute Gasteiger partial charge is 0.494 e. The van der Waals surface area contributed by atoms with E-state index in [0.717, 1.165) is 36.8 Å². The van der Waals surface area contributed by atoms with Crippen LogP contribution in [0.3, 0.4) is 0 Å². The minimum atomic E-state index is -1.46. The molecule has 2 amide bonds. The average molecular weight is 767 g/mol. The summed E-state index contributed by atoms with van der Waals surface area (Å²) in [6, 6.07) is 11.1. The molecule has 10 heteroatoms. The number of carbonyl (C=O) groups is 4. The van der Waals surface area contributed by atoms with Crippen LogP contribution in [0.25, 0.3) is 0 Å². The Balaban J connectivity index is 1.93. The molecule has 0 aliphatic rings. The SMILES string of the molecule is CCCCCCCCCOc1ccc(CCOC(=O)C(CC)(CC)C(=O)OCCc2ccc(OCCCCCCCCC)cc2NC(C)=O)c(NC(C)=O)c1. The summed E-state index contributed by atoms with van der Waals surface area (Å²) in [7, 11) is 0. The predicted octanol–water partition coefficient (Wildman–Crippen LogP) is 10.5. The van der Waals surface area contributed by atoms with Gasteiger partial charge in [-0.1, -0.05) is 117 Å². The Morgan fingerprint density at radius 2 is 0.873 bits per heavy atom. The number of esters is 2. The summed E-state index contributed by atoms with van der Waals surface area (Å²) in [5.74, 6) is -0.371. The standard InChI is InChI=1S/C45H70N2O8/c1-7-11-13-15-17-19-21-29-52-39-25-23-37(41(33-39)46-35(5)48)27-31-54-43(50)45(9-3,10-4)44(51)55-32-28-38-24-26-40(34-42(38)47-36(6)49)53-30-22-20-18-16-14-12-8-2/h23-26,33-34H,7-22,27-32H2,1-6H3,(H,46,48)(H,47,49). The molecule has 0 heterocycles. The number of hydrogen-bond acceptors (Lipinski definition) is 8. The molecule has 55 heavy (non-hydrogen) atoms. The van der Waals surface area contributed by atoms with Gasteiger partial charge in [0.1, 0.15) is 11.5 Å². The van der Waals surface area contributed by atoms with Crippen molar-refractivity contribution >= 4 is 35.1 Å². The van der Waals surface area contributed by atoms with E-state index in [1.165, 1.54) is 78.1 Å². The third-order valence-corrected chi connectivity index (χ3v) is 10.0. The van der Waals surface area contributed by atoms with Gasteiger partial charge in [0.2, 0.25) is 11.8 Å². The van der Waals surface area contributed by atoms with Gasteiger partial charge in [0.15, 0.2) is 5.41 Å². The quantitative estimate of drug-likeness (QED) is 0.0457. The molecule has 0 radical (unpaired) electrons. The highest BCUT2D eigenvalue weighted by atomic mass is 16.6. The van der Waals surface area contributed by atoms with E-state index in [1.54, 1.807) is 26.0 Å². The van der Waals surface area contributed by atoms with E-state index in [1.807, 2.05) is 24.3 Å². The second kappa shape index (κ2) is 27.5. The van der Waals surface area contributed by atoms with Gasteiger partial charge in [0.25, 0.3) is 0 Å². The first-order chi connectivity index (χ1) is 26.6. The van der Waals surface area contributed by atoms with E-state index < -0.39 is 17.4 Å². The molecule has 0 saturated carbocycles. The lowest BCUT2D eigenvalue weighted by atomic mass is 9.82. The number of nitrogens with one attached hydrogen (secondary N) is 2. The molecule has 2 N–H and O–H groups in total. The number of carbonyl (C=O) groups excluding carboxylic acids is 4. The van der Waals surface area contributed by atoms with E-state index in [4.69, 9.17) is 18.9 Å². The van der Waals surface area contributed by atoms with E-state index in [2.05, 4.69) is 24.5 Å². The van der Waals surface area contributed by atoms with Gasteiger partial charge in [-0.15, -0.1) is 0 Å². The number of unbranched alkanes of at least 4 members (excludes halogenated alkanes) is 12. The highest BCUT2D eigenvalue weighted by Gasteiger charge is 2.46. The molecule has 0 fully saturated rings. The molecular weight excluding hydrogens is 697 g/mol.